The van der Waals surface area contributed by atoms with E-state index in [2.05, 4.69) is 15.5 Å². The molecule has 0 aliphatic carbocycles. The molecule has 7 heteroatoms. The van der Waals surface area contributed by atoms with Gasteiger partial charge in [-0.2, -0.15) is 5.26 Å². The third kappa shape index (κ3) is 3.18. The average molecular weight is 333 g/mol. The maximum Gasteiger partial charge on any atom is 0.346 e. The van der Waals surface area contributed by atoms with Gasteiger partial charge in [0.25, 0.3) is 0 Å². The molecule has 22 heavy (non-hydrogen) atoms. The summed E-state index contributed by atoms with van der Waals surface area (Å²) >= 11 is 2.09. The van der Waals surface area contributed by atoms with Gasteiger partial charge in [-0.25, -0.2) is 9.59 Å². The normalized spacial score (nSPS) is 13.6. The van der Waals surface area contributed by atoms with Crippen molar-refractivity contribution in [1.29, 1.82) is 5.26 Å². The van der Waals surface area contributed by atoms with Gasteiger partial charge in [-0.1, -0.05) is 53.9 Å². The van der Waals surface area contributed by atoms with Crippen LogP contribution in [0.15, 0.2) is 44.4 Å². The number of hydrogen-bond acceptors (Lipinski definition) is 7. The SMILES string of the molecule is COC(=O)C1=C(C(=O)OC)SC(=C(C#N)c2ccccc2)S1. The summed E-state index contributed by atoms with van der Waals surface area (Å²) in [5.74, 6) is -1.25. The van der Waals surface area contributed by atoms with Crippen LogP contribution in [0.3, 0.4) is 0 Å². The van der Waals surface area contributed by atoms with E-state index in [0.29, 0.717) is 9.81 Å². The lowest BCUT2D eigenvalue weighted by Crippen LogP contribution is -2.08. The molecule has 112 valence electrons. The van der Waals surface area contributed by atoms with Crippen LogP contribution >= 0.6 is 23.5 Å². The summed E-state index contributed by atoms with van der Waals surface area (Å²) in [6.07, 6.45) is 0. The minimum atomic E-state index is -0.627. The molecular weight excluding hydrogens is 322 g/mol. The summed E-state index contributed by atoms with van der Waals surface area (Å²) in [5.41, 5.74) is 1.12. The Bertz CT molecular complexity index is 687. The highest BCUT2D eigenvalue weighted by Gasteiger charge is 2.34. The zero-order valence-corrected chi connectivity index (χ0v) is 13.4. The fourth-order valence-electron chi connectivity index (χ4n) is 1.69. The Balaban J connectivity index is 2.46. The number of rotatable bonds is 3. The van der Waals surface area contributed by atoms with E-state index in [-0.39, 0.29) is 9.81 Å². The van der Waals surface area contributed by atoms with Gasteiger partial charge < -0.3 is 9.47 Å². The molecule has 0 amide bonds. The van der Waals surface area contributed by atoms with Crippen molar-refractivity contribution in [1.82, 2.24) is 0 Å². The van der Waals surface area contributed by atoms with E-state index in [9.17, 15) is 14.9 Å². The maximum atomic E-state index is 11.8. The molecule has 0 saturated carbocycles. The highest BCUT2D eigenvalue weighted by atomic mass is 32.2. The monoisotopic (exact) mass is 333 g/mol. The highest BCUT2D eigenvalue weighted by Crippen LogP contribution is 2.52. The molecule has 0 radical (unpaired) electrons. The molecule has 0 bridgehead atoms. The molecule has 2 rings (SSSR count). The summed E-state index contributed by atoms with van der Waals surface area (Å²) in [7, 11) is 2.47. The van der Waals surface area contributed by atoms with Crippen LogP contribution in [0, 0.1) is 11.3 Å². The second kappa shape index (κ2) is 7.20. The van der Waals surface area contributed by atoms with Gasteiger partial charge in [0.2, 0.25) is 0 Å². The zero-order chi connectivity index (χ0) is 16.1. The molecule has 1 aromatic rings. The number of carbonyl (C=O) groups is 2. The van der Waals surface area contributed by atoms with Crippen molar-refractivity contribution in [2.45, 2.75) is 0 Å². The van der Waals surface area contributed by atoms with Crippen LogP contribution in [-0.4, -0.2) is 26.2 Å². The number of esters is 2. The van der Waals surface area contributed by atoms with Gasteiger partial charge in [0.05, 0.1) is 24.0 Å². The molecule has 0 N–H and O–H groups in total. The standard InChI is InChI=1S/C15H11NO4S2/c1-19-13(17)11-12(14(18)20-2)22-15(21-11)10(8-16)9-6-4-3-5-7-9/h3-7H,1-2H3. The van der Waals surface area contributed by atoms with Gasteiger partial charge in [-0.3, -0.25) is 0 Å². The van der Waals surface area contributed by atoms with Crippen molar-refractivity contribution in [3.63, 3.8) is 0 Å². The summed E-state index contributed by atoms with van der Waals surface area (Å²) in [6, 6.07) is 11.2. The molecule has 1 aliphatic rings. The van der Waals surface area contributed by atoms with Crippen LogP contribution in [0.1, 0.15) is 5.56 Å². The van der Waals surface area contributed by atoms with Crippen molar-refractivity contribution in [2.24, 2.45) is 0 Å². The average Bonchev–Trinajstić information content (AvgIpc) is 3.00. The van der Waals surface area contributed by atoms with Crippen molar-refractivity contribution < 1.29 is 19.1 Å². The van der Waals surface area contributed by atoms with Gasteiger partial charge in [-0.15, -0.1) is 0 Å². The Labute approximate surface area is 136 Å². The van der Waals surface area contributed by atoms with Crippen molar-refractivity contribution in [3.05, 3.63) is 49.9 Å². The van der Waals surface area contributed by atoms with Crippen molar-refractivity contribution in [3.8, 4) is 6.07 Å². The molecule has 0 unspecified atom stereocenters. The Morgan fingerprint density at radius 1 is 1.00 bits per heavy atom. The predicted octanol–water partition coefficient (Wildman–Crippen LogP) is 2.92. The topological polar surface area (TPSA) is 76.4 Å². The van der Waals surface area contributed by atoms with E-state index in [0.717, 1.165) is 29.1 Å². The van der Waals surface area contributed by atoms with Crippen molar-refractivity contribution in [2.75, 3.05) is 14.2 Å². The van der Waals surface area contributed by atoms with E-state index < -0.39 is 11.9 Å². The van der Waals surface area contributed by atoms with Gasteiger partial charge in [0.15, 0.2) is 0 Å². The van der Waals surface area contributed by atoms with E-state index in [1.54, 1.807) is 12.1 Å². The maximum absolute atomic E-state index is 11.8. The Morgan fingerprint density at radius 3 is 1.91 bits per heavy atom. The number of hydrogen-bond donors (Lipinski definition) is 0. The number of ether oxygens (including phenoxy) is 2. The summed E-state index contributed by atoms with van der Waals surface area (Å²) in [6.45, 7) is 0. The molecule has 1 aromatic carbocycles. The smallest absolute Gasteiger partial charge is 0.346 e. The number of benzene rings is 1. The number of thioether (sulfide) groups is 2. The number of nitrogens with zero attached hydrogens (tertiary/aromatic N) is 1. The van der Waals surface area contributed by atoms with E-state index in [1.807, 2.05) is 18.2 Å². The predicted molar refractivity (Wildman–Crippen MR) is 85.2 cm³/mol. The first-order valence-electron chi connectivity index (χ1n) is 6.08. The minimum absolute atomic E-state index is 0.137. The summed E-state index contributed by atoms with van der Waals surface area (Å²) in [4.78, 5) is 23.9. The second-order valence-electron chi connectivity index (χ2n) is 3.99. The molecule has 0 atom stereocenters. The van der Waals surface area contributed by atoms with Gasteiger partial charge in [0, 0.05) is 0 Å². The molecule has 1 aliphatic heterocycles. The molecule has 0 saturated heterocycles. The van der Waals surface area contributed by atoms with Crippen LogP contribution in [0.25, 0.3) is 5.57 Å². The number of methoxy groups -OCH3 is 2. The molecule has 5 nitrogen and oxygen atoms in total. The summed E-state index contributed by atoms with van der Waals surface area (Å²) in [5, 5.41) is 9.42. The van der Waals surface area contributed by atoms with Crippen molar-refractivity contribution >= 4 is 41.0 Å². The Morgan fingerprint density at radius 2 is 1.50 bits per heavy atom. The van der Waals surface area contributed by atoms with E-state index in [1.165, 1.54) is 14.2 Å². The first-order chi connectivity index (χ1) is 10.6. The largest absolute Gasteiger partial charge is 0.465 e. The number of carbonyl (C=O) groups excluding carboxylic acids is 2. The number of allylic oxidation sites excluding steroid dienone is 1. The lowest BCUT2D eigenvalue weighted by molar-refractivity contribution is -0.138. The van der Waals surface area contributed by atoms with Crippen LogP contribution in [-0.2, 0) is 19.1 Å². The van der Waals surface area contributed by atoms with Gasteiger partial charge in [-0.05, 0) is 5.56 Å². The molecule has 0 aromatic heterocycles. The zero-order valence-electron chi connectivity index (χ0n) is 11.8. The van der Waals surface area contributed by atoms with Gasteiger partial charge in [0.1, 0.15) is 15.9 Å². The number of nitriles is 1. The second-order valence-corrected chi connectivity index (χ2v) is 6.29. The lowest BCUT2D eigenvalue weighted by atomic mass is 10.1. The Hall–Kier alpha value is -2.17. The van der Waals surface area contributed by atoms with Crippen LogP contribution < -0.4 is 0 Å². The van der Waals surface area contributed by atoms with E-state index in [4.69, 9.17) is 0 Å². The van der Waals surface area contributed by atoms with E-state index >= 15 is 0 Å². The quantitative estimate of drug-likeness (QED) is 0.622. The lowest BCUT2D eigenvalue weighted by Gasteiger charge is -2.03. The van der Waals surface area contributed by atoms with Crippen LogP contribution in [0.2, 0.25) is 0 Å². The molecule has 1 heterocycles. The first-order valence-corrected chi connectivity index (χ1v) is 7.72. The third-order valence-corrected chi connectivity index (χ3v) is 5.27. The van der Waals surface area contributed by atoms with Crippen LogP contribution in [0.4, 0.5) is 0 Å². The van der Waals surface area contributed by atoms with Gasteiger partial charge >= 0.3 is 11.9 Å². The molecule has 0 fully saturated rings. The molecule has 0 spiro atoms. The summed E-state index contributed by atoms with van der Waals surface area (Å²) < 4.78 is 9.91. The highest BCUT2D eigenvalue weighted by molar-refractivity contribution is 8.29. The fourth-order valence-corrected chi connectivity index (χ4v) is 4.19. The fraction of sp³-hybridized carbons (Fsp3) is 0.133. The first kappa shape index (κ1) is 16.2. The minimum Gasteiger partial charge on any atom is -0.465 e. The Kier molecular flexibility index (Phi) is 5.31. The third-order valence-electron chi connectivity index (χ3n) is 2.72. The molecular formula is C15H11NO4S2. The van der Waals surface area contributed by atoms with Crippen LogP contribution in [0.5, 0.6) is 0 Å².